The van der Waals surface area contributed by atoms with Crippen LogP contribution in [0.1, 0.15) is 13.3 Å². The van der Waals surface area contributed by atoms with Crippen LogP contribution < -0.4 is 4.98 Å². The van der Waals surface area contributed by atoms with E-state index in [9.17, 15) is 0 Å². The van der Waals surface area contributed by atoms with Crippen molar-refractivity contribution < 1.29 is 4.74 Å². The average molecular weight is 197 g/mol. The minimum atomic E-state index is -1.43. The highest BCUT2D eigenvalue weighted by molar-refractivity contribution is 6.82. The van der Waals surface area contributed by atoms with Crippen LogP contribution in [0.4, 0.5) is 0 Å². The zero-order valence-corrected chi connectivity index (χ0v) is 9.92. The average Bonchev–Trinajstić information content (AvgIpc) is 2.55. The lowest BCUT2D eigenvalue weighted by Crippen LogP contribution is -2.51. The van der Waals surface area contributed by atoms with Crippen LogP contribution in [0.5, 0.6) is 0 Å². The monoisotopic (exact) mass is 197 g/mol. The first kappa shape index (κ1) is 10.7. The van der Waals surface area contributed by atoms with Gasteiger partial charge in [0.25, 0.3) is 0 Å². The third kappa shape index (κ3) is 2.79. The van der Waals surface area contributed by atoms with Crippen molar-refractivity contribution in [1.82, 2.24) is 4.98 Å². The van der Waals surface area contributed by atoms with Crippen LogP contribution in [-0.4, -0.2) is 21.6 Å². The predicted molar refractivity (Wildman–Crippen MR) is 58.9 cm³/mol. The summed E-state index contributed by atoms with van der Waals surface area (Å²) in [5.41, 5.74) is 0. The molecule has 0 radical (unpaired) electrons. The molecule has 0 saturated carbocycles. The molecule has 1 aliphatic rings. The second kappa shape index (κ2) is 4.22. The van der Waals surface area contributed by atoms with Gasteiger partial charge in [-0.2, -0.15) is 0 Å². The van der Waals surface area contributed by atoms with Gasteiger partial charge in [0.2, 0.25) is 0 Å². The standard InChI is InChI=1S/C10H19NOSi/c1-9(12-2)11-13(3,4)10-7-5-6-8-10/h5-7,9,11H,8H2,1-4H3. The number of ether oxygens (including phenoxy) is 1. The largest absolute Gasteiger partial charge is 0.368 e. The summed E-state index contributed by atoms with van der Waals surface area (Å²) in [7, 11) is 0.309. The molecule has 0 heterocycles. The highest BCUT2D eigenvalue weighted by Crippen LogP contribution is 2.21. The van der Waals surface area contributed by atoms with Crippen LogP contribution in [0.25, 0.3) is 0 Å². The van der Waals surface area contributed by atoms with Crippen molar-refractivity contribution in [2.45, 2.75) is 32.7 Å². The molecule has 1 rings (SSSR count). The van der Waals surface area contributed by atoms with Crippen molar-refractivity contribution in [3.8, 4) is 0 Å². The Kier molecular flexibility index (Phi) is 3.47. The summed E-state index contributed by atoms with van der Waals surface area (Å²) in [5.74, 6) is 0. The molecule has 1 N–H and O–H groups in total. The third-order valence-corrected chi connectivity index (χ3v) is 5.60. The lowest BCUT2D eigenvalue weighted by atomic mass is 10.5. The van der Waals surface area contributed by atoms with Gasteiger partial charge in [-0.25, -0.2) is 0 Å². The molecule has 0 spiro atoms. The van der Waals surface area contributed by atoms with Crippen molar-refractivity contribution in [3.05, 3.63) is 23.4 Å². The van der Waals surface area contributed by atoms with E-state index in [0.717, 1.165) is 6.42 Å². The van der Waals surface area contributed by atoms with Crippen molar-refractivity contribution in [3.63, 3.8) is 0 Å². The Bertz CT molecular complexity index is 233. The minimum absolute atomic E-state index is 0.156. The Balaban J connectivity index is 2.55. The van der Waals surface area contributed by atoms with Crippen LogP contribution >= 0.6 is 0 Å². The molecule has 2 nitrogen and oxygen atoms in total. The summed E-state index contributed by atoms with van der Waals surface area (Å²) in [6.45, 7) is 6.69. The summed E-state index contributed by atoms with van der Waals surface area (Å²) < 4.78 is 5.22. The van der Waals surface area contributed by atoms with E-state index >= 15 is 0 Å². The number of methoxy groups -OCH3 is 1. The van der Waals surface area contributed by atoms with Crippen LogP contribution in [0.3, 0.4) is 0 Å². The Morgan fingerprint density at radius 1 is 1.54 bits per heavy atom. The molecule has 1 aliphatic carbocycles. The van der Waals surface area contributed by atoms with Crippen molar-refractivity contribution in [2.75, 3.05) is 7.11 Å². The second-order valence-corrected chi connectivity index (χ2v) is 8.15. The van der Waals surface area contributed by atoms with E-state index in [1.807, 2.05) is 0 Å². The van der Waals surface area contributed by atoms with E-state index in [4.69, 9.17) is 4.74 Å². The normalized spacial score (nSPS) is 18.9. The first-order chi connectivity index (χ1) is 6.06. The summed E-state index contributed by atoms with van der Waals surface area (Å²) >= 11 is 0. The van der Waals surface area contributed by atoms with E-state index in [1.165, 1.54) is 0 Å². The zero-order chi connectivity index (χ0) is 9.90. The molecule has 74 valence electrons. The number of allylic oxidation sites excluding steroid dienone is 4. The molecule has 0 aromatic rings. The fourth-order valence-electron chi connectivity index (χ4n) is 1.57. The van der Waals surface area contributed by atoms with E-state index < -0.39 is 8.24 Å². The number of nitrogens with one attached hydrogen (secondary N) is 1. The van der Waals surface area contributed by atoms with E-state index in [2.05, 4.69) is 43.2 Å². The Labute approximate surface area is 81.8 Å². The first-order valence-corrected chi connectivity index (χ1v) is 7.73. The van der Waals surface area contributed by atoms with Crippen molar-refractivity contribution >= 4 is 8.24 Å². The van der Waals surface area contributed by atoms with E-state index in [0.29, 0.717) is 0 Å². The van der Waals surface area contributed by atoms with Crippen LogP contribution in [0.15, 0.2) is 23.4 Å². The summed E-state index contributed by atoms with van der Waals surface area (Å²) in [6.07, 6.45) is 7.86. The molecule has 3 heteroatoms. The molecule has 0 saturated heterocycles. The highest BCUT2D eigenvalue weighted by atomic mass is 28.3. The van der Waals surface area contributed by atoms with Gasteiger partial charge in [-0.05, 0) is 13.3 Å². The SMILES string of the molecule is COC(C)N[Si](C)(C)C1=CC=CC1. The lowest BCUT2D eigenvalue weighted by Gasteiger charge is -2.28. The van der Waals surface area contributed by atoms with Gasteiger partial charge < -0.3 is 9.72 Å². The third-order valence-electron chi connectivity index (χ3n) is 2.49. The summed E-state index contributed by atoms with van der Waals surface area (Å²) in [5, 5.41) is 1.55. The van der Waals surface area contributed by atoms with Crippen LogP contribution in [0.2, 0.25) is 13.1 Å². The van der Waals surface area contributed by atoms with E-state index in [-0.39, 0.29) is 6.23 Å². The number of hydrogen-bond acceptors (Lipinski definition) is 2. The first-order valence-electron chi connectivity index (χ1n) is 4.73. The fraction of sp³-hybridized carbons (Fsp3) is 0.600. The van der Waals surface area contributed by atoms with Gasteiger partial charge in [0.1, 0.15) is 8.24 Å². The maximum absolute atomic E-state index is 5.22. The smallest absolute Gasteiger partial charge is 0.149 e. The maximum atomic E-state index is 5.22. The molecule has 0 bridgehead atoms. The van der Waals surface area contributed by atoms with Gasteiger partial charge in [0.15, 0.2) is 0 Å². The maximum Gasteiger partial charge on any atom is 0.149 e. The van der Waals surface area contributed by atoms with Gasteiger partial charge >= 0.3 is 0 Å². The lowest BCUT2D eigenvalue weighted by molar-refractivity contribution is 0.107. The topological polar surface area (TPSA) is 21.3 Å². The fourth-order valence-corrected chi connectivity index (χ4v) is 4.03. The van der Waals surface area contributed by atoms with Gasteiger partial charge in [0, 0.05) is 7.11 Å². The molecular weight excluding hydrogens is 178 g/mol. The van der Waals surface area contributed by atoms with Crippen molar-refractivity contribution in [1.29, 1.82) is 0 Å². The van der Waals surface area contributed by atoms with Gasteiger partial charge in [0.05, 0.1) is 6.23 Å². The Morgan fingerprint density at radius 2 is 2.23 bits per heavy atom. The summed E-state index contributed by atoms with van der Waals surface area (Å²) in [6, 6.07) is 0. The molecule has 0 fully saturated rings. The molecular formula is C10H19NOSi. The summed E-state index contributed by atoms with van der Waals surface area (Å²) in [4.78, 5) is 3.56. The Hall–Kier alpha value is -0.383. The van der Waals surface area contributed by atoms with Crippen molar-refractivity contribution in [2.24, 2.45) is 0 Å². The molecule has 1 unspecified atom stereocenters. The predicted octanol–water partition coefficient (Wildman–Crippen LogP) is 2.20. The molecule has 0 aliphatic heterocycles. The molecule has 0 aromatic heterocycles. The second-order valence-electron chi connectivity index (χ2n) is 3.97. The van der Waals surface area contributed by atoms with Gasteiger partial charge in [-0.15, -0.1) is 0 Å². The number of hydrogen-bond donors (Lipinski definition) is 1. The molecule has 0 aromatic carbocycles. The molecule has 1 atom stereocenters. The zero-order valence-electron chi connectivity index (χ0n) is 8.92. The highest BCUT2D eigenvalue weighted by Gasteiger charge is 2.27. The van der Waals surface area contributed by atoms with Gasteiger partial charge in [-0.1, -0.05) is 36.5 Å². The minimum Gasteiger partial charge on any atom is -0.368 e. The number of rotatable bonds is 4. The van der Waals surface area contributed by atoms with E-state index in [1.54, 1.807) is 12.3 Å². The Morgan fingerprint density at radius 3 is 2.69 bits per heavy atom. The molecule has 13 heavy (non-hydrogen) atoms. The van der Waals surface area contributed by atoms with Crippen LogP contribution in [-0.2, 0) is 4.74 Å². The van der Waals surface area contributed by atoms with Gasteiger partial charge in [-0.3, -0.25) is 0 Å². The van der Waals surface area contributed by atoms with Crippen LogP contribution in [0, 0.1) is 0 Å². The molecule has 0 amide bonds. The quantitative estimate of drug-likeness (QED) is 0.551.